The number of hydrogen-bond donors (Lipinski definition) is 0. The van der Waals surface area contributed by atoms with Gasteiger partial charge in [0.2, 0.25) is 0 Å². The first-order valence-electron chi connectivity index (χ1n) is 5.37. The minimum Gasteiger partial charge on any atom is -0.373 e. The Bertz CT molecular complexity index is 298. The van der Waals surface area contributed by atoms with Crippen molar-refractivity contribution in [2.45, 2.75) is 26.2 Å². The minimum atomic E-state index is -1.05. The Labute approximate surface area is 93.8 Å². The minimum absolute atomic E-state index is 0.705. The second kappa shape index (κ2) is 5.88. The van der Waals surface area contributed by atoms with Gasteiger partial charge in [-0.3, -0.25) is 0 Å². The molecule has 0 aromatic heterocycles. The molecule has 0 amide bonds. The Morgan fingerprint density at radius 3 is 2.40 bits per heavy atom. The van der Waals surface area contributed by atoms with Gasteiger partial charge in [0.05, 0.1) is 21.3 Å². The largest absolute Gasteiger partial charge is 0.373 e. The van der Waals surface area contributed by atoms with Crippen LogP contribution in [0.15, 0.2) is 42.1 Å². The van der Waals surface area contributed by atoms with E-state index in [1.54, 1.807) is 0 Å². The lowest BCUT2D eigenvalue weighted by Gasteiger charge is -2.08. The van der Waals surface area contributed by atoms with Crippen LogP contribution in [0.5, 0.6) is 0 Å². The van der Waals surface area contributed by atoms with Gasteiger partial charge in [-0.2, -0.15) is 0 Å². The Morgan fingerprint density at radius 1 is 1.13 bits per heavy atom. The maximum absolute atomic E-state index is 5.55. The first kappa shape index (κ1) is 12.2. The molecule has 0 N–H and O–H groups in total. The Kier molecular flexibility index (Phi) is 4.79. The zero-order valence-corrected chi connectivity index (χ0v) is 10.9. The summed E-state index contributed by atoms with van der Waals surface area (Å²) < 4.78 is 5.55. The quantitative estimate of drug-likeness (QED) is 0.544. The van der Waals surface area contributed by atoms with Crippen LogP contribution >= 0.6 is 0 Å². The van der Waals surface area contributed by atoms with Crippen molar-refractivity contribution < 1.29 is 4.74 Å². The van der Waals surface area contributed by atoms with Crippen molar-refractivity contribution in [2.24, 2.45) is 0 Å². The average Bonchev–Trinajstić information content (AvgIpc) is 2.17. The summed E-state index contributed by atoms with van der Waals surface area (Å²) in [5.74, 6) is 0. The van der Waals surface area contributed by atoms with E-state index in [2.05, 4.69) is 43.5 Å². The second-order valence-electron chi connectivity index (χ2n) is 4.77. The highest BCUT2D eigenvalue weighted by atomic mass is 28.3. The van der Waals surface area contributed by atoms with Gasteiger partial charge in [0, 0.05) is 0 Å². The fraction of sp³-hybridized carbons (Fsp3) is 0.385. The molecule has 82 valence electrons. The van der Waals surface area contributed by atoms with Crippen molar-refractivity contribution in [2.75, 3.05) is 6.61 Å². The summed E-state index contributed by atoms with van der Waals surface area (Å²) in [5, 5.41) is 0. The lowest BCUT2D eigenvalue weighted by atomic mass is 10.2. The molecule has 0 saturated carbocycles. The zero-order valence-electron chi connectivity index (χ0n) is 9.86. The smallest absolute Gasteiger partial charge is 0.0721 e. The van der Waals surface area contributed by atoms with Crippen LogP contribution in [-0.4, -0.2) is 14.7 Å². The molecule has 1 aromatic rings. The molecule has 0 fully saturated rings. The first-order chi connectivity index (χ1) is 7.08. The summed E-state index contributed by atoms with van der Waals surface area (Å²) in [4.78, 5) is 0. The van der Waals surface area contributed by atoms with Crippen molar-refractivity contribution in [3.05, 3.63) is 47.7 Å². The summed E-state index contributed by atoms with van der Waals surface area (Å²) in [6.07, 6.45) is 2.15. The lowest BCUT2D eigenvalue weighted by Crippen LogP contribution is -2.15. The van der Waals surface area contributed by atoms with Crippen LogP contribution in [-0.2, 0) is 11.3 Å². The van der Waals surface area contributed by atoms with Gasteiger partial charge >= 0.3 is 0 Å². The highest BCUT2D eigenvalue weighted by molar-refractivity contribution is 6.80. The van der Waals surface area contributed by atoms with Gasteiger partial charge in [-0.15, -0.1) is 0 Å². The molecule has 0 spiro atoms. The van der Waals surface area contributed by atoms with E-state index in [-0.39, 0.29) is 0 Å². The summed E-state index contributed by atoms with van der Waals surface area (Å²) in [7, 11) is -1.05. The molecule has 0 aliphatic rings. The number of ether oxygens (including phenoxy) is 1. The van der Waals surface area contributed by atoms with Crippen LogP contribution in [0.2, 0.25) is 19.6 Å². The van der Waals surface area contributed by atoms with Gasteiger partial charge in [0.1, 0.15) is 0 Å². The van der Waals surface area contributed by atoms with E-state index in [4.69, 9.17) is 4.74 Å². The van der Waals surface area contributed by atoms with E-state index >= 15 is 0 Å². The Balaban J connectivity index is 2.21. The van der Waals surface area contributed by atoms with Gasteiger partial charge in [-0.1, -0.05) is 61.7 Å². The van der Waals surface area contributed by atoms with Crippen molar-refractivity contribution in [1.29, 1.82) is 0 Å². The van der Waals surface area contributed by atoms with Crippen LogP contribution in [0.25, 0.3) is 0 Å². The van der Waals surface area contributed by atoms with Crippen LogP contribution in [0, 0.1) is 0 Å². The van der Waals surface area contributed by atoms with Crippen LogP contribution < -0.4 is 0 Å². The fourth-order valence-corrected chi connectivity index (χ4v) is 2.02. The number of hydrogen-bond acceptors (Lipinski definition) is 1. The van der Waals surface area contributed by atoms with Crippen molar-refractivity contribution >= 4 is 8.07 Å². The third-order valence-electron chi connectivity index (χ3n) is 1.94. The topological polar surface area (TPSA) is 9.23 Å². The molecule has 15 heavy (non-hydrogen) atoms. The molecule has 0 heterocycles. The van der Waals surface area contributed by atoms with E-state index in [0.29, 0.717) is 6.61 Å². The maximum Gasteiger partial charge on any atom is 0.0721 e. The Morgan fingerprint density at radius 2 is 1.80 bits per heavy atom. The van der Waals surface area contributed by atoms with Crippen LogP contribution in [0.1, 0.15) is 5.56 Å². The monoisotopic (exact) mass is 220 g/mol. The van der Waals surface area contributed by atoms with E-state index in [1.165, 1.54) is 5.56 Å². The second-order valence-corrected chi connectivity index (χ2v) is 9.83. The summed E-state index contributed by atoms with van der Waals surface area (Å²) in [6, 6.07) is 10.3. The molecule has 0 aliphatic carbocycles. The van der Waals surface area contributed by atoms with Crippen LogP contribution in [0.3, 0.4) is 0 Å². The molecule has 1 aromatic carbocycles. The van der Waals surface area contributed by atoms with E-state index in [0.717, 1.165) is 6.61 Å². The van der Waals surface area contributed by atoms with Gasteiger partial charge in [-0.25, -0.2) is 0 Å². The van der Waals surface area contributed by atoms with Crippen molar-refractivity contribution in [1.82, 2.24) is 0 Å². The molecule has 0 bridgehead atoms. The van der Waals surface area contributed by atoms with E-state index < -0.39 is 8.07 Å². The molecule has 0 saturated heterocycles. The average molecular weight is 220 g/mol. The molecular formula is C13H20OSi. The predicted molar refractivity (Wildman–Crippen MR) is 68.6 cm³/mol. The third-order valence-corrected chi connectivity index (χ3v) is 3.18. The molecule has 2 heteroatoms. The summed E-state index contributed by atoms with van der Waals surface area (Å²) >= 11 is 0. The molecule has 0 unspecified atom stereocenters. The molecule has 0 atom stereocenters. The summed E-state index contributed by atoms with van der Waals surface area (Å²) in [5.41, 5.74) is 3.55. The number of rotatable bonds is 5. The molecule has 1 rings (SSSR count). The maximum atomic E-state index is 5.55. The van der Waals surface area contributed by atoms with E-state index in [1.807, 2.05) is 18.2 Å². The van der Waals surface area contributed by atoms with Crippen LogP contribution in [0.4, 0.5) is 0 Å². The van der Waals surface area contributed by atoms with E-state index in [9.17, 15) is 0 Å². The van der Waals surface area contributed by atoms with Crippen molar-refractivity contribution in [3.8, 4) is 0 Å². The third kappa shape index (κ3) is 6.26. The van der Waals surface area contributed by atoms with Crippen molar-refractivity contribution in [3.63, 3.8) is 0 Å². The SMILES string of the molecule is C[Si](C)(C)C=CCOCc1ccccc1. The predicted octanol–water partition coefficient (Wildman–Crippen LogP) is 3.64. The molecule has 0 radical (unpaired) electrons. The van der Waals surface area contributed by atoms with Gasteiger partial charge in [0.25, 0.3) is 0 Å². The Hall–Kier alpha value is -0.863. The lowest BCUT2D eigenvalue weighted by molar-refractivity contribution is 0.149. The highest BCUT2D eigenvalue weighted by Crippen LogP contribution is 2.03. The fourth-order valence-electron chi connectivity index (χ4n) is 1.22. The molecule has 1 nitrogen and oxygen atoms in total. The standard InChI is InChI=1S/C13H20OSi/c1-15(2,3)11-7-10-14-12-13-8-5-4-6-9-13/h4-9,11H,10,12H2,1-3H3. The van der Waals surface area contributed by atoms with Gasteiger partial charge < -0.3 is 4.74 Å². The number of benzene rings is 1. The molecular weight excluding hydrogens is 200 g/mol. The normalized spacial score (nSPS) is 12.2. The van der Waals surface area contributed by atoms with Gasteiger partial charge in [-0.05, 0) is 5.56 Å². The summed E-state index contributed by atoms with van der Waals surface area (Å²) in [6.45, 7) is 8.39. The zero-order chi connectivity index (χ0) is 11.1. The highest BCUT2D eigenvalue weighted by Gasteiger charge is 2.05. The first-order valence-corrected chi connectivity index (χ1v) is 8.95. The van der Waals surface area contributed by atoms with Gasteiger partial charge in [0.15, 0.2) is 0 Å². The molecule has 0 aliphatic heterocycles.